The minimum atomic E-state index is -0.740. The lowest BCUT2D eigenvalue weighted by atomic mass is 9.93. The first-order valence-electron chi connectivity index (χ1n) is 11.9. The summed E-state index contributed by atoms with van der Waals surface area (Å²) in [6, 6.07) is 10.5. The van der Waals surface area contributed by atoms with E-state index in [1.807, 2.05) is 0 Å². The quantitative estimate of drug-likeness (QED) is 0.652. The number of ether oxygens (including phenoxy) is 2. The highest BCUT2D eigenvalue weighted by atomic mass is 16.5. The second-order valence-electron chi connectivity index (χ2n) is 9.61. The zero-order valence-electron chi connectivity index (χ0n) is 19.7. The molecule has 4 atom stereocenters. The fraction of sp³-hybridized carbons (Fsp3) is 0.370. The molecule has 0 unspecified atom stereocenters. The molecule has 2 bridgehead atoms. The van der Waals surface area contributed by atoms with Crippen molar-refractivity contribution in [2.75, 3.05) is 32.2 Å². The van der Waals surface area contributed by atoms with Crippen molar-refractivity contribution in [3.63, 3.8) is 0 Å². The molecule has 8 nitrogen and oxygen atoms in total. The van der Waals surface area contributed by atoms with Gasteiger partial charge in [-0.25, -0.2) is 0 Å². The van der Waals surface area contributed by atoms with Crippen LogP contribution in [0.4, 0.5) is 5.69 Å². The Kier molecular flexibility index (Phi) is 5.05. The topological polar surface area (TPSA) is 88.2 Å². The van der Waals surface area contributed by atoms with Gasteiger partial charge in [0.25, 0.3) is 11.8 Å². The highest BCUT2D eigenvalue weighted by molar-refractivity contribution is 6.18. The number of amides is 3. The molecule has 1 N–H and O–H groups in total. The third-order valence-corrected chi connectivity index (χ3v) is 7.78. The molecule has 1 fully saturated rings. The van der Waals surface area contributed by atoms with Gasteiger partial charge < -0.3 is 19.7 Å². The lowest BCUT2D eigenvalue weighted by molar-refractivity contribution is -0.122. The Bertz CT molecular complexity index is 1270. The molecule has 2 aliphatic heterocycles. The monoisotopic (exact) mass is 473 g/mol. The number of para-hydroxylation sites is 1. The van der Waals surface area contributed by atoms with E-state index in [9.17, 15) is 14.4 Å². The van der Waals surface area contributed by atoms with Gasteiger partial charge in [0.05, 0.1) is 31.0 Å². The van der Waals surface area contributed by atoms with Crippen LogP contribution in [0.15, 0.2) is 48.6 Å². The van der Waals surface area contributed by atoms with Crippen molar-refractivity contribution in [2.45, 2.75) is 19.0 Å². The van der Waals surface area contributed by atoms with E-state index in [0.717, 1.165) is 6.42 Å². The largest absolute Gasteiger partial charge is 0.493 e. The number of hydrogen-bond acceptors (Lipinski definition) is 5. The standard InChI is InChI=1S/C27H27N3O5/c1-34-21-10-9-19-23(24(21)35-2)27(33)30-20-6-4-3-5-18(20)26(32)29(25(19)30)14-22(31)28-13-17-12-15-7-8-16(17)11-15/h3-10,15-17,25H,11-14H2,1-2H3,(H,28,31)/t15-,16-,17-,25-/m0/s1. The Hall–Kier alpha value is -3.81. The smallest absolute Gasteiger partial charge is 0.264 e. The molecule has 6 rings (SSSR count). The maximum atomic E-state index is 13.7. The van der Waals surface area contributed by atoms with Crippen LogP contribution in [0.3, 0.4) is 0 Å². The Balaban J connectivity index is 1.33. The Morgan fingerprint density at radius 2 is 1.86 bits per heavy atom. The predicted molar refractivity (Wildman–Crippen MR) is 128 cm³/mol. The lowest BCUT2D eigenvalue weighted by Gasteiger charge is -2.40. The number of nitrogens with zero attached hydrogens (tertiary/aromatic N) is 2. The molecule has 2 aromatic carbocycles. The zero-order chi connectivity index (χ0) is 24.3. The first-order valence-corrected chi connectivity index (χ1v) is 11.9. The SMILES string of the molecule is COc1ccc2c(c1OC)C(=O)N1c3ccccc3C(=O)N(CC(=O)NC[C@@H]3C[C@H]4C=C[C@H]3C4)[C@H]21. The molecule has 0 saturated heterocycles. The molecule has 180 valence electrons. The van der Waals surface area contributed by atoms with E-state index in [2.05, 4.69) is 17.5 Å². The Morgan fingerprint density at radius 3 is 2.57 bits per heavy atom. The minimum Gasteiger partial charge on any atom is -0.493 e. The van der Waals surface area contributed by atoms with E-state index in [1.54, 1.807) is 41.3 Å². The summed E-state index contributed by atoms with van der Waals surface area (Å²) in [6.07, 6.45) is 6.06. The van der Waals surface area contributed by atoms with Crippen molar-refractivity contribution < 1.29 is 23.9 Å². The number of methoxy groups -OCH3 is 2. The van der Waals surface area contributed by atoms with Crippen molar-refractivity contribution in [3.05, 3.63) is 65.2 Å². The summed E-state index contributed by atoms with van der Waals surface area (Å²) in [5.74, 6) is 1.55. The van der Waals surface area contributed by atoms with Crippen LogP contribution in [0.5, 0.6) is 11.5 Å². The van der Waals surface area contributed by atoms with Crippen LogP contribution in [0.2, 0.25) is 0 Å². The van der Waals surface area contributed by atoms with Crippen LogP contribution in [0.1, 0.15) is 45.3 Å². The summed E-state index contributed by atoms with van der Waals surface area (Å²) < 4.78 is 10.9. The number of benzene rings is 2. The van der Waals surface area contributed by atoms with Crippen molar-refractivity contribution >= 4 is 23.4 Å². The molecule has 0 radical (unpaired) electrons. The maximum absolute atomic E-state index is 13.7. The van der Waals surface area contributed by atoms with E-state index in [1.165, 1.54) is 25.5 Å². The number of carbonyl (C=O) groups is 3. The van der Waals surface area contributed by atoms with Crippen LogP contribution >= 0.6 is 0 Å². The summed E-state index contributed by atoms with van der Waals surface area (Å²) in [5, 5.41) is 3.04. The fourth-order valence-electron chi connectivity index (χ4n) is 6.17. The van der Waals surface area contributed by atoms with Crippen LogP contribution < -0.4 is 19.7 Å². The third-order valence-electron chi connectivity index (χ3n) is 7.78. The molecule has 2 heterocycles. The van der Waals surface area contributed by atoms with Gasteiger partial charge in [-0.15, -0.1) is 0 Å². The van der Waals surface area contributed by atoms with E-state index < -0.39 is 6.17 Å². The average Bonchev–Trinajstić information content (AvgIpc) is 3.58. The van der Waals surface area contributed by atoms with Gasteiger partial charge in [-0.1, -0.05) is 30.4 Å². The number of carbonyl (C=O) groups excluding carboxylic acids is 3. The number of nitrogens with one attached hydrogen (secondary N) is 1. The first-order chi connectivity index (χ1) is 17.0. The van der Waals surface area contributed by atoms with Gasteiger partial charge in [-0.2, -0.15) is 0 Å². The van der Waals surface area contributed by atoms with Crippen molar-refractivity contribution in [2.24, 2.45) is 17.8 Å². The molecule has 0 aromatic heterocycles. The molecular formula is C27H27N3O5. The molecule has 4 aliphatic rings. The number of rotatable bonds is 6. The van der Waals surface area contributed by atoms with Gasteiger partial charge in [-0.3, -0.25) is 19.3 Å². The Morgan fingerprint density at radius 1 is 1.03 bits per heavy atom. The molecule has 8 heteroatoms. The van der Waals surface area contributed by atoms with Gasteiger partial charge in [0.1, 0.15) is 12.7 Å². The van der Waals surface area contributed by atoms with E-state index in [0.29, 0.717) is 58.2 Å². The second-order valence-corrected chi connectivity index (χ2v) is 9.61. The highest BCUT2D eigenvalue weighted by Gasteiger charge is 2.50. The van der Waals surface area contributed by atoms with E-state index >= 15 is 0 Å². The minimum absolute atomic E-state index is 0.147. The Labute approximate surface area is 203 Å². The van der Waals surface area contributed by atoms with Crippen molar-refractivity contribution in [1.82, 2.24) is 10.2 Å². The highest BCUT2D eigenvalue weighted by Crippen LogP contribution is 2.49. The average molecular weight is 474 g/mol. The van der Waals surface area contributed by atoms with Crippen molar-refractivity contribution in [3.8, 4) is 11.5 Å². The maximum Gasteiger partial charge on any atom is 0.264 e. The van der Waals surface area contributed by atoms with Crippen LogP contribution in [0, 0.1) is 17.8 Å². The van der Waals surface area contributed by atoms with E-state index in [-0.39, 0.29) is 24.3 Å². The molecular weight excluding hydrogens is 446 g/mol. The number of hydrogen-bond donors (Lipinski definition) is 1. The molecule has 0 spiro atoms. The van der Waals surface area contributed by atoms with Crippen LogP contribution in [0.25, 0.3) is 0 Å². The summed E-state index contributed by atoms with van der Waals surface area (Å²) in [6.45, 7) is 0.448. The van der Waals surface area contributed by atoms with Crippen LogP contribution in [-0.4, -0.2) is 49.9 Å². The van der Waals surface area contributed by atoms with Gasteiger partial charge in [0.2, 0.25) is 5.91 Å². The summed E-state index contributed by atoms with van der Waals surface area (Å²) in [5.41, 5.74) is 1.87. The summed E-state index contributed by atoms with van der Waals surface area (Å²) >= 11 is 0. The van der Waals surface area contributed by atoms with Gasteiger partial charge in [0, 0.05) is 12.1 Å². The summed E-state index contributed by atoms with van der Waals surface area (Å²) in [7, 11) is 3.00. The van der Waals surface area contributed by atoms with E-state index in [4.69, 9.17) is 9.47 Å². The number of allylic oxidation sites excluding steroid dienone is 2. The third kappa shape index (κ3) is 3.23. The lowest BCUT2D eigenvalue weighted by Crippen LogP contribution is -2.51. The fourth-order valence-corrected chi connectivity index (χ4v) is 6.17. The molecule has 2 aromatic rings. The van der Waals surface area contributed by atoms with Crippen molar-refractivity contribution in [1.29, 1.82) is 0 Å². The zero-order valence-corrected chi connectivity index (χ0v) is 19.7. The molecule has 3 amide bonds. The first kappa shape index (κ1) is 21.7. The molecule has 35 heavy (non-hydrogen) atoms. The van der Waals surface area contributed by atoms with Gasteiger partial charge in [-0.05, 0) is 48.8 Å². The predicted octanol–water partition coefficient (Wildman–Crippen LogP) is 3.15. The van der Waals surface area contributed by atoms with Gasteiger partial charge in [0.15, 0.2) is 11.5 Å². The summed E-state index contributed by atoms with van der Waals surface area (Å²) in [4.78, 5) is 43.4. The molecule has 1 saturated carbocycles. The van der Waals surface area contributed by atoms with Crippen LogP contribution in [-0.2, 0) is 4.79 Å². The van der Waals surface area contributed by atoms with Gasteiger partial charge >= 0.3 is 0 Å². The number of fused-ring (bicyclic) bond motifs is 7. The molecule has 2 aliphatic carbocycles. The normalized spacial score (nSPS) is 25.4. The second kappa shape index (κ2) is 8.15. The number of anilines is 1.